The molecule has 0 aromatic carbocycles. The molecule has 376 valence electrons. The predicted octanol–water partition coefficient (Wildman–Crippen LogP) is 17.9. The van der Waals surface area contributed by atoms with Crippen LogP contribution in [-0.4, -0.2) is 46.1 Å². The zero-order valence-electron chi connectivity index (χ0n) is 43.0. The third kappa shape index (κ3) is 48.8. The molecule has 0 aliphatic carbocycles. The number of aliphatic hydroxyl groups excluding tert-OH is 3. The number of carbonyl (C=O) groups is 1. The van der Waals surface area contributed by atoms with E-state index in [4.69, 9.17) is 0 Å². The van der Waals surface area contributed by atoms with Crippen LogP contribution in [0, 0.1) is 0 Å². The van der Waals surface area contributed by atoms with E-state index < -0.39 is 18.2 Å². The summed E-state index contributed by atoms with van der Waals surface area (Å²) in [5.41, 5.74) is 0. The highest BCUT2D eigenvalue weighted by molar-refractivity contribution is 5.76. The Labute approximate surface area is 395 Å². The number of rotatable bonds is 54. The Balaban J connectivity index is 3.48. The molecule has 0 fully saturated rings. The molecule has 0 spiro atoms. The molecule has 0 heterocycles. The lowest BCUT2D eigenvalue weighted by Crippen LogP contribution is -2.50. The Hall–Kier alpha value is -0.910. The van der Waals surface area contributed by atoms with Crippen LogP contribution in [-0.2, 0) is 4.79 Å². The molecule has 5 nitrogen and oxygen atoms in total. The van der Waals surface area contributed by atoms with Gasteiger partial charge in [0.1, 0.15) is 6.10 Å². The topological polar surface area (TPSA) is 89.8 Å². The van der Waals surface area contributed by atoms with Crippen LogP contribution >= 0.6 is 0 Å². The summed E-state index contributed by atoms with van der Waals surface area (Å²) >= 11 is 0. The molecule has 0 rings (SSSR count). The first kappa shape index (κ1) is 62.1. The minimum Gasteiger partial charge on any atom is -0.394 e. The number of amides is 1. The third-order valence-electron chi connectivity index (χ3n) is 13.9. The van der Waals surface area contributed by atoms with Crippen LogP contribution in [0.25, 0.3) is 0 Å². The fourth-order valence-electron chi connectivity index (χ4n) is 9.40. The van der Waals surface area contributed by atoms with Crippen molar-refractivity contribution in [3.8, 4) is 0 Å². The van der Waals surface area contributed by atoms with Crippen molar-refractivity contribution in [1.29, 1.82) is 0 Å². The largest absolute Gasteiger partial charge is 0.394 e. The molecule has 0 aliphatic heterocycles. The number of aliphatic hydroxyl groups is 3. The van der Waals surface area contributed by atoms with Gasteiger partial charge >= 0.3 is 0 Å². The molecule has 3 atom stereocenters. The molecule has 4 N–H and O–H groups in total. The average Bonchev–Trinajstić information content (AvgIpc) is 3.29. The molecule has 0 radical (unpaired) electrons. The average molecular weight is 891 g/mol. The standard InChI is InChI=1S/C58H115NO4/c1-3-5-7-9-11-13-15-17-19-21-23-24-25-26-27-28-29-30-31-32-33-34-35-37-39-41-43-45-47-49-51-53-57(62)59-55(54-60)58(63)56(61)52-50-48-46-44-42-40-38-36-22-20-18-16-14-12-10-8-6-4-2/h44,46,55-56,58,60-61,63H,3-43,45,47-54H2,1-2H3,(H,59,62)/b46-44+. The van der Waals surface area contributed by atoms with E-state index in [9.17, 15) is 20.1 Å². The molecule has 0 saturated carbocycles. The first-order valence-electron chi connectivity index (χ1n) is 29.0. The Bertz CT molecular complexity index is 894. The molecular formula is C58H115NO4. The zero-order valence-corrected chi connectivity index (χ0v) is 43.0. The first-order chi connectivity index (χ1) is 31.1. The van der Waals surface area contributed by atoms with Crippen molar-refractivity contribution in [3.05, 3.63) is 12.2 Å². The van der Waals surface area contributed by atoms with Gasteiger partial charge in [-0.15, -0.1) is 0 Å². The van der Waals surface area contributed by atoms with Crippen LogP contribution in [0.1, 0.15) is 328 Å². The normalized spacial score (nSPS) is 13.3. The predicted molar refractivity (Wildman–Crippen MR) is 278 cm³/mol. The van der Waals surface area contributed by atoms with E-state index in [-0.39, 0.29) is 12.5 Å². The maximum absolute atomic E-state index is 12.5. The van der Waals surface area contributed by atoms with Crippen molar-refractivity contribution < 1.29 is 20.1 Å². The number of hydrogen-bond donors (Lipinski definition) is 4. The molecule has 0 bridgehead atoms. The smallest absolute Gasteiger partial charge is 0.220 e. The summed E-state index contributed by atoms with van der Waals surface area (Å²) in [5.74, 6) is -0.146. The van der Waals surface area contributed by atoms with Crippen molar-refractivity contribution in [2.45, 2.75) is 347 Å². The van der Waals surface area contributed by atoms with Crippen molar-refractivity contribution in [1.82, 2.24) is 5.32 Å². The fourth-order valence-corrected chi connectivity index (χ4v) is 9.40. The summed E-state index contributed by atoms with van der Waals surface area (Å²) in [7, 11) is 0. The lowest BCUT2D eigenvalue weighted by atomic mass is 10.0. The van der Waals surface area contributed by atoms with E-state index in [1.54, 1.807) is 0 Å². The van der Waals surface area contributed by atoms with Crippen LogP contribution < -0.4 is 5.32 Å². The second-order valence-corrected chi connectivity index (χ2v) is 20.2. The van der Waals surface area contributed by atoms with Gasteiger partial charge in [-0.2, -0.15) is 0 Å². The summed E-state index contributed by atoms with van der Waals surface area (Å²) in [6.07, 6.45) is 66.7. The number of hydrogen-bond acceptors (Lipinski definition) is 4. The SMILES string of the molecule is CCCCCCCCCCCCCCC/C=C/CCCC(O)C(O)C(CO)NC(=O)CCCCCCCCCCCCCCCCCCCCCCCCCCCCCCCCC. The van der Waals surface area contributed by atoms with Gasteiger partial charge in [0.2, 0.25) is 5.91 Å². The summed E-state index contributed by atoms with van der Waals surface area (Å²) in [4.78, 5) is 12.5. The monoisotopic (exact) mass is 890 g/mol. The highest BCUT2D eigenvalue weighted by Crippen LogP contribution is 2.18. The number of allylic oxidation sites excluding steroid dienone is 2. The fraction of sp³-hybridized carbons (Fsp3) is 0.948. The highest BCUT2D eigenvalue weighted by atomic mass is 16.3. The minimum absolute atomic E-state index is 0.146. The van der Waals surface area contributed by atoms with Crippen LogP contribution in [0.5, 0.6) is 0 Å². The summed E-state index contributed by atoms with van der Waals surface area (Å²) < 4.78 is 0. The molecule has 5 heteroatoms. The Morgan fingerprint density at radius 1 is 0.381 bits per heavy atom. The molecule has 3 unspecified atom stereocenters. The van der Waals surface area contributed by atoms with Crippen LogP contribution in [0.15, 0.2) is 12.2 Å². The maximum atomic E-state index is 12.5. The van der Waals surface area contributed by atoms with Gasteiger partial charge in [0, 0.05) is 6.42 Å². The van der Waals surface area contributed by atoms with Gasteiger partial charge < -0.3 is 20.6 Å². The Morgan fingerprint density at radius 2 is 0.635 bits per heavy atom. The van der Waals surface area contributed by atoms with Gasteiger partial charge in [0.05, 0.1) is 18.8 Å². The highest BCUT2D eigenvalue weighted by Gasteiger charge is 2.26. The van der Waals surface area contributed by atoms with Gasteiger partial charge in [0.25, 0.3) is 0 Å². The number of nitrogens with one attached hydrogen (secondary N) is 1. The maximum Gasteiger partial charge on any atom is 0.220 e. The second-order valence-electron chi connectivity index (χ2n) is 20.2. The quantitative estimate of drug-likeness (QED) is 0.0362. The van der Waals surface area contributed by atoms with Gasteiger partial charge in [-0.3, -0.25) is 4.79 Å². The van der Waals surface area contributed by atoms with Crippen molar-refractivity contribution in [2.75, 3.05) is 6.61 Å². The summed E-state index contributed by atoms with van der Waals surface area (Å²) in [6.45, 7) is 4.21. The van der Waals surface area contributed by atoms with Gasteiger partial charge in [-0.25, -0.2) is 0 Å². The van der Waals surface area contributed by atoms with Crippen LogP contribution in [0.2, 0.25) is 0 Å². The van der Waals surface area contributed by atoms with Crippen molar-refractivity contribution in [2.24, 2.45) is 0 Å². The van der Waals surface area contributed by atoms with Crippen molar-refractivity contribution in [3.63, 3.8) is 0 Å². The van der Waals surface area contributed by atoms with E-state index in [1.807, 2.05) is 0 Å². The Morgan fingerprint density at radius 3 is 0.921 bits per heavy atom. The zero-order chi connectivity index (χ0) is 45.8. The van der Waals surface area contributed by atoms with Gasteiger partial charge in [-0.1, -0.05) is 296 Å². The third-order valence-corrected chi connectivity index (χ3v) is 13.9. The van der Waals surface area contributed by atoms with Gasteiger partial charge in [0.15, 0.2) is 0 Å². The van der Waals surface area contributed by atoms with E-state index >= 15 is 0 Å². The first-order valence-corrected chi connectivity index (χ1v) is 29.0. The van der Waals surface area contributed by atoms with E-state index in [1.165, 1.54) is 263 Å². The lowest BCUT2D eigenvalue weighted by Gasteiger charge is -2.26. The molecule has 0 saturated heterocycles. The molecule has 63 heavy (non-hydrogen) atoms. The van der Waals surface area contributed by atoms with Crippen molar-refractivity contribution >= 4 is 5.91 Å². The summed E-state index contributed by atoms with van der Waals surface area (Å²) in [5, 5.41) is 33.7. The van der Waals surface area contributed by atoms with E-state index in [0.29, 0.717) is 12.8 Å². The number of carbonyl (C=O) groups excluding carboxylic acids is 1. The van der Waals surface area contributed by atoms with Crippen LogP contribution in [0.3, 0.4) is 0 Å². The molecule has 0 aromatic heterocycles. The molecule has 1 amide bonds. The number of unbranched alkanes of at least 4 members (excludes halogenated alkanes) is 44. The van der Waals surface area contributed by atoms with E-state index in [2.05, 4.69) is 31.3 Å². The van der Waals surface area contributed by atoms with Gasteiger partial charge in [-0.05, 0) is 38.5 Å². The minimum atomic E-state index is -1.16. The molecule has 0 aromatic rings. The summed E-state index contributed by atoms with van der Waals surface area (Å²) in [6, 6.07) is -0.822. The lowest BCUT2D eigenvalue weighted by molar-refractivity contribution is -0.124. The molecule has 0 aliphatic rings. The van der Waals surface area contributed by atoms with E-state index in [0.717, 1.165) is 38.5 Å². The molecular weight excluding hydrogens is 775 g/mol. The van der Waals surface area contributed by atoms with Crippen LogP contribution in [0.4, 0.5) is 0 Å². The second kappa shape index (κ2) is 53.7. The Kier molecular flexibility index (Phi) is 52.9.